The second-order valence-corrected chi connectivity index (χ2v) is 9.61. The van der Waals surface area contributed by atoms with E-state index in [2.05, 4.69) is 10.4 Å². The molecule has 174 valence electrons. The average molecular weight is 499 g/mol. The third-order valence-corrected chi connectivity index (χ3v) is 6.81. The number of rotatable bonds is 7. The molecule has 1 saturated heterocycles. The summed E-state index contributed by atoms with van der Waals surface area (Å²) < 4.78 is 14.9. The highest BCUT2D eigenvalue weighted by atomic mass is 32.2. The fraction of sp³-hybridized carbons (Fsp3) is 0.174. The molecule has 3 heterocycles. The number of hydrogen-bond donors (Lipinski definition) is 1. The van der Waals surface area contributed by atoms with Crippen molar-refractivity contribution in [3.8, 4) is 10.6 Å². The Morgan fingerprint density at radius 1 is 1.12 bits per heavy atom. The molecule has 2 aromatic heterocycles. The van der Waals surface area contributed by atoms with Gasteiger partial charge in [0.15, 0.2) is 0 Å². The lowest BCUT2D eigenvalue weighted by Gasteiger charge is -2.13. The van der Waals surface area contributed by atoms with Gasteiger partial charge in [-0.2, -0.15) is 5.10 Å². The lowest BCUT2D eigenvalue weighted by molar-refractivity contribution is -0.124. The van der Waals surface area contributed by atoms with Gasteiger partial charge in [-0.1, -0.05) is 18.2 Å². The predicted octanol–water partition coefficient (Wildman–Crippen LogP) is 3.27. The standard InChI is InChI=1S/C23H19FN4O4S2/c1-14-6-8-18(33-14)17-7-9-21(30)28(26-17)13-20(29)25-10-11-27-22(31)19(34-23(27)32)12-15-4-2-3-5-16(15)24/h2-9,12H,10-11,13H2,1H3,(H,25,29)/b19-12-. The van der Waals surface area contributed by atoms with E-state index >= 15 is 0 Å². The number of benzene rings is 1. The molecule has 0 unspecified atom stereocenters. The van der Waals surface area contributed by atoms with Crippen LogP contribution in [0.25, 0.3) is 16.6 Å². The first-order valence-electron chi connectivity index (χ1n) is 10.2. The molecule has 0 saturated carbocycles. The van der Waals surface area contributed by atoms with E-state index in [4.69, 9.17) is 0 Å². The summed E-state index contributed by atoms with van der Waals surface area (Å²) in [5, 5.41) is 6.35. The quantitative estimate of drug-likeness (QED) is 0.502. The largest absolute Gasteiger partial charge is 0.353 e. The molecule has 1 aliphatic heterocycles. The van der Waals surface area contributed by atoms with Crippen LogP contribution in [0, 0.1) is 12.7 Å². The normalized spacial score (nSPS) is 14.8. The molecular formula is C23H19FN4O4S2. The maximum Gasteiger partial charge on any atom is 0.293 e. The van der Waals surface area contributed by atoms with Gasteiger partial charge in [-0.15, -0.1) is 11.3 Å². The Hall–Kier alpha value is -3.57. The molecule has 0 bridgehead atoms. The zero-order valence-electron chi connectivity index (χ0n) is 18.0. The van der Waals surface area contributed by atoms with E-state index in [-0.39, 0.29) is 30.1 Å². The highest BCUT2D eigenvalue weighted by molar-refractivity contribution is 8.18. The van der Waals surface area contributed by atoms with Crippen LogP contribution in [0.4, 0.5) is 9.18 Å². The first kappa shape index (κ1) is 23.6. The van der Waals surface area contributed by atoms with Gasteiger partial charge in [0.2, 0.25) is 5.91 Å². The predicted molar refractivity (Wildman–Crippen MR) is 129 cm³/mol. The van der Waals surface area contributed by atoms with Gasteiger partial charge in [-0.05, 0) is 49.0 Å². The van der Waals surface area contributed by atoms with Gasteiger partial charge in [0, 0.05) is 29.6 Å². The molecule has 34 heavy (non-hydrogen) atoms. The number of nitrogens with zero attached hydrogens (tertiary/aromatic N) is 3. The number of thioether (sulfide) groups is 1. The van der Waals surface area contributed by atoms with E-state index in [9.17, 15) is 23.6 Å². The molecule has 3 aromatic rings. The van der Waals surface area contributed by atoms with Crippen LogP contribution < -0.4 is 10.9 Å². The summed E-state index contributed by atoms with van der Waals surface area (Å²) in [5.74, 6) is -1.53. The summed E-state index contributed by atoms with van der Waals surface area (Å²) in [6.07, 6.45) is 1.33. The van der Waals surface area contributed by atoms with E-state index in [1.807, 2.05) is 19.1 Å². The molecule has 0 atom stereocenters. The van der Waals surface area contributed by atoms with Gasteiger partial charge in [0.1, 0.15) is 18.1 Å². The van der Waals surface area contributed by atoms with E-state index in [0.29, 0.717) is 17.5 Å². The van der Waals surface area contributed by atoms with Crippen LogP contribution in [0.2, 0.25) is 0 Å². The summed E-state index contributed by atoms with van der Waals surface area (Å²) in [7, 11) is 0. The summed E-state index contributed by atoms with van der Waals surface area (Å²) in [4.78, 5) is 52.3. The minimum Gasteiger partial charge on any atom is -0.353 e. The maximum atomic E-state index is 13.8. The summed E-state index contributed by atoms with van der Waals surface area (Å²) in [5.41, 5.74) is 0.375. The number of aryl methyl sites for hydroxylation is 1. The van der Waals surface area contributed by atoms with Crippen molar-refractivity contribution in [2.75, 3.05) is 13.1 Å². The first-order valence-corrected chi connectivity index (χ1v) is 11.9. The van der Waals surface area contributed by atoms with Gasteiger partial charge < -0.3 is 5.32 Å². The molecule has 1 fully saturated rings. The number of carbonyl (C=O) groups excluding carboxylic acids is 3. The van der Waals surface area contributed by atoms with Crippen LogP contribution in [0.1, 0.15) is 10.4 Å². The maximum absolute atomic E-state index is 13.8. The molecule has 8 nitrogen and oxygen atoms in total. The monoisotopic (exact) mass is 498 g/mol. The van der Waals surface area contributed by atoms with Gasteiger partial charge in [-0.25, -0.2) is 9.07 Å². The zero-order valence-corrected chi connectivity index (χ0v) is 19.6. The van der Waals surface area contributed by atoms with E-state index in [1.165, 1.54) is 41.7 Å². The van der Waals surface area contributed by atoms with Crippen LogP contribution >= 0.6 is 23.1 Å². The number of imide groups is 1. The van der Waals surface area contributed by atoms with Crippen molar-refractivity contribution in [1.82, 2.24) is 20.0 Å². The molecule has 4 rings (SSSR count). The van der Waals surface area contributed by atoms with Gasteiger partial charge in [0.05, 0.1) is 9.78 Å². The molecule has 11 heteroatoms. The Morgan fingerprint density at radius 2 is 1.91 bits per heavy atom. The van der Waals surface area contributed by atoms with Crippen molar-refractivity contribution < 1.29 is 18.8 Å². The van der Waals surface area contributed by atoms with Crippen molar-refractivity contribution in [2.45, 2.75) is 13.5 Å². The lowest BCUT2D eigenvalue weighted by Crippen LogP contribution is -2.39. The minimum atomic E-state index is -0.552. The Morgan fingerprint density at radius 3 is 2.65 bits per heavy atom. The molecule has 3 amide bonds. The number of amides is 3. The Bertz CT molecular complexity index is 1360. The molecule has 1 N–H and O–H groups in total. The minimum absolute atomic E-state index is 0.00239. The molecule has 0 radical (unpaired) electrons. The highest BCUT2D eigenvalue weighted by Gasteiger charge is 2.34. The smallest absolute Gasteiger partial charge is 0.293 e. The summed E-state index contributed by atoms with van der Waals surface area (Å²) >= 11 is 2.24. The van der Waals surface area contributed by atoms with Crippen LogP contribution in [-0.2, 0) is 16.1 Å². The van der Waals surface area contributed by atoms with Crippen LogP contribution in [0.3, 0.4) is 0 Å². The van der Waals surface area contributed by atoms with Crippen molar-refractivity contribution in [3.63, 3.8) is 0 Å². The van der Waals surface area contributed by atoms with Crippen molar-refractivity contribution in [2.24, 2.45) is 0 Å². The van der Waals surface area contributed by atoms with Crippen LogP contribution in [0.15, 0.2) is 58.2 Å². The molecule has 0 aliphatic carbocycles. The summed E-state index contributed by atoms with van der Waals surface area (Å²) in [6, 6.07) is 12.7. The average Bonchev–Trinajstić information content (AvgIpc) is 3.35. The topological polar surface area (TPSA) is 101 Å². The Kier molecular flexibility index (Phi) is 7.03. The Labute approximate surface area is 202 Å². The van der Waals surface area contributed by atoms with Crippen LogP contribution in [-0.4, -0.2) is 44.8 Å². The second kappa shape index (κ2) is 10.1. The number of halogens is 1. The van der Waals surface area contributed by atoms with Gasteiger partial charge in [0.25, 0.3) is 16.7 Å². The van der Waals surface area contributed by atoms with Gasteiger partial charge >= 0.3 is 0 Å². The number of nitrogens with one attached hydrogen (secondary N) is 1. The molecule has 1 aliphatic rings. The van der Waals surface area contributed by atoms with Crippen molar-refractivity contribution in [3.05, 3.63) is 80.0 Å². The van der Waals surface area contributed by atoms with Crippen molar-refractivity contribution in [1.29, 1.82) is 0 Å². The van der Waals surface area contributed by atoms with Gasteiger partial charge in [-0.3, -0.25) is 24.1 Å². The Balaban J connectivity index is 1.34. The number of hydrogen-bond acceptors (Lipinski definition) is 7. The number of aromatic nitrogens is 2. The van der Waals surface area contributed by atoms with E-state index in [0.717, 1.165) is 19.3 Å². The highest BCUT2D eigenvalue weighted by Crippen LogP contribution is 2.32. The van der Waals surface area contributed by atoms with Crippen molar-refractivity contribution >= 4 is 46.2 Å². The third-order valence-electron chi connectivity index (χ3n) is 4.88. The fourth-order valence-corrected chi connectivity index (χ4v) is 4.88. The molecular weight excluding hydrogens is 479 g/mol. The summed E-state index contributed by atoms with van der Waals surface area (Å²) in [6.45, 7) is 1.61. The lowest BCUT2D eigenvalue weighted by atomic mass is 10.2. The fourth-order valence-electron chi connectivity index (χ4n) is 3.19. The third kappa shape index (κ3) is 5.32. The van der Waals surface area contributed by atoms with E-state index in [1.54, 1.807) is 12.1 Å². The second-order valence-electron chi connectivity index (χ2n) is 7.33. The van der Waals surface area contributed by atoms with E-state index < -0.39 is 28.4 Å². The molecule has 0 spiro atoms. The molecule has 1 aromatic carbocycles. The zero-order chi connectivity index (χ0) is 24.2. The number of thiophene rings is 1. The first-order chi connectivity index (χ1) is 16.3. The number of carbonyl (C=O) groups is 3. The SMILES string of the molecule is Cc1ccc(-c2ccc(=O)n(CC(=O)NCCN3C(=O)S/C(=C\c4ccccc4F)C3=O)n2)s1. The van der Waals surface area contributed by atoms with Crippen LogP contribution in [0.5, 0.6) is 0 Å².